The van der Waals surface area contributed by atoms with Crippen molar-refractivity contribution in [2.45, 2.75) is 52.1 Å². The quantitative estimate of drug-likeness (QED) is 0.606. The summed E-state index contributed by atoms with van der Waals surface area (Å²) in [6.45, 7) is 7.76. The van der Waals surface area contributed by atoms with Crippen LogP contribution in [0.5, 0.6) is 5.75 Å². The molecule has 2 N–H and O–H groups in total. The lowest BCUT2D eigenvalue weighted by Gasteiger charge is -2.26. The van der Waals surface area contributed by atoms with Crippen molar-refractivity contribution in [1.29, 1.82) is 0 Å². The maximum Gasteiger partial charge on any atom is 0.194 e. The third kappa shape index (κ3) is 4.91. The fourth-order valence-corrected chi connectivity index (χ4v) is 4.22. The zero-order valence-electron chi connectivity index (χ0n) is 16.2. The first-order valence-corrected chi connectivity index (χ1v) is 10.0. The van der Waals surface area contributed by atoms with Crippen LogP contribution in [0.15, 0.2) is 29.3 Å². The molecule has 1 aromatic rings. The molecule has 26 heavy (non-hydrogen) atoms. The smallest absolute Gasteiger partial charge is 0.194 e. The normalized spacial score (nSPS) is 20.6. The minimum atomic E-state index is -0.604. The number of aryl methyl sites for hydroxylation is 1. The average Bonchev–Trinajstić information content (AvgIpc) is 3.27. The first-order valence-electron chi connectivity index (χ1n) is 10.0. The number of aliphatic hydroxyl groups is 1. The van der Waals surface area contributed by atoms with Crippen LogP contribution in [0.4, 0.5) is 0 Å². The van der Waals surface area contributed by atoms with Crippen molar-refractivity contribution >= 4 is 5.96 Å². The SMILES string of the molecule is CCNC(=NCC(O)COc1cccc(C)c1)N1CCC2(CCCC2)C1. The second-order valence-electron chi connectivity index (χ2n) is 7.85. The first-order chi connectivity index (χ1) is 12.6. The van der Waals surface area contributed by atoms with Gasteiger partial charge in [0.2, 0.25) is 0 Å². The summed E-state index contributed by atoms with van der Waals surface area (Å²) in [5, 5.41) is 13.7. The van der Waals surface area contributed by atoms with Gasteiger partial charge in [0.1, 0.15) is 18.5 Å². The van der Waals surface area contributed by atoms with Gasteiger partial charge in [0.05, 0.1) is 6.54 Å². The highest BCUT2D eigenvalue weighted by atomic mass is 16.5. The van der Waals surface area contributed by atoms with E-state index in [1.54, 1.807) is 0 Å². The number of rotatable bonds is 6. The second-order valence-corrected chi connectivity index (χ2v) is 7.85. The summed E-state index contributed by atoms with van der Waals surface area (Å²) in [5.41, 5.74) is 1.67. The molecule has 1 unspecified atom stereocenters. The summed E-state index contributed by atoms with van der Waals surface area (Å²) in [7, 11) is 0. The molecular formula is C21H33N3O2. The summed E-state index contributed by atoms with van der Waals surface area (Å²) < 4.78 is 5.69. The Labute approximate surface area is 157 Å². The monoisotopic (exact) mass is 359 g/mol. The maximum atomic E-state index is 10.3. The number of aliphatic hydroxyl groups excluding tert-OH is 1. The Morgan fingerprint density at radius 3 is 2.88 bits per heavy atom. The zero-order chi connectivity index (χ0) is 18.4. The molecule has 0 radical (unpaired) electrons. The van der Waals surface area contributed by atoms with E-state index in [4.69, 9.17) is 4.74 Å². The standard InChI is InChI=1S/C21H33N3O2/c1-3-22-20(24-12-11-21(16-24)9-4-5-10-21)23-14-18(25)15-26-19-8-6-7-17(2)13-19/h6-8,13,18,25H,3-5,9-12,14-16H2,1-2H3,(H,22,23). The van der Waals surface area contributed by atoms with Crippen LogP contribution in [-0.4, -0.2) is 54.9 Å². The number of ether oxygens (including phenoxy) is 1. The molecule has 1 saturated heterocycles. The molecule has 2 aliphatic rings. The molecule has 3 rings (SSSR count). The number of hydrogen-bond acceptors (Lipinski definition) is 3. The lowest BCUT2D eigenvalue weighted by Crippen LogP contribution is -2.41. The lowest BCUT2D eigenvalue weighted by atomic mass is 9.86. The molecule has 1 spiro atoms. The van der Waals surface area contributed by atoms with Gasteiger partial charge in [-0.15, -0.1) is 0 Å². The minimum Gasteiger partial charge on any atom is -0.491 e. The molecule has 1 aromatic carbocycles. The van der Waals surface area contributed by atoms with Crippen molar-refractivity contribution in [1.82, 2.24) is 10.2 Å². The minimum absolute atomic E-state index is 0.260. The molecule has 1 aliphatic heterocycles. The number of nitrogens with one attached hydrogen (secondary N) is 1. The van der Waals surface area contributed by atoms with E-state index < -0.39 is 6.10 Å². The topological polar surface area (TPSA) is 57.1 Å². The van der Waals surface area contributed by atoms with E-state index in [2.05, 4.69) is 22.1 Å². The summed E-state index contributed by atoms with van der Waals surface area (Å²) in [6.07, 6.45) is 6.13. The molecule has 0 bridgehead atoms. The highest BCUT2D eigenvalue weighted by Gasteiger charge is 2.41. The highest BCUT2D eigenvalue weighted by Crippen LogP contribution is 2.45. The van der Waals surface area contributed by atoms with Crippen molar-refractivity contribution in [3.8, 4) is 5.75 Å². The van der Waals surface area contributed by atoms with Gasteiger partial charge in [-0.05, 0) is 56.2 Å². The van der Waals surface area contributed by atoms with E-state index in [9.17, 15) is 5.11 Å². The van der Waals surface area contributed by atoms with Crippen LogP contribution in [-0.2, 0) is 0 Å². The van der Waals surface area contributed by atoms with E-state index in [1.165, 1.54) is 32.1 Å². The Hall–Kier alpha value is -1.75. The third-order valence-electron chi connectivity index (χ3n) is 5.62. The van der Waals surface area contributed by atoms with Crippen LogP contribution in [0.3, 0.4) is 0 Å². The predicted octanol–water partition coefficient (Wildman–Crippen LogP) is 2.97. The maximum absolute atomic E-state index is 10.3. The van der Waals surface area contributed by atoms with Gasteiger partial charge in [-0.3, -0.25) is 4.99 Å². The number of aliphatic imine (C=N–C) groups is 1. The molecule has 2 fully saturated rings. The molecule has 1 aliphatic carbocycles. The second kappa shape index (κ2) is 8.76. The first kappa shape index (κ1) is 19.0. The van der Waals surface area contributed by atoms with Crippen LogP contribution in [0.1, 0.15) is 44.6 Å². The molecule has 5 heteroatoms. The summed E-state index contributed by atoms with van der Waals surface area (Å²) in [6, 6.07) is 7.89. The van der Waals surface area contributed by atoms with Gasteiger partial charge < -0.3 is 20.1 Å². The molecule has 1 atom stereocenters. The molecule has 0 aromatic heterocycles. The van der Waals surface area contributed by atoms with E-state index in [-0.39, 0.29) is 6.61 Å². The van der Waals surface area contributed by atoms with Gasteiger partial charge in [-0.1, -0.05) is 25.0 Å². The number of nitrogens with zero attached hydrogens (tertiary/aromatic N) is 2. The summed E-state index contributed by atoms with van der Waals surface area (Å²) in [4.78, 5) is 7.06. The van der Waals surface area contributed by atoms with Crippen LogP contribution >= 0.6 is 0 Å². The van der Waals surface area contributed by atoms with Gasteiger partial charge in [0, 0.05) is 19.6 Å². The number of likely N-dealkylation sites (tertiary alicyclic amines) is 1. The fourth-order valence-electron chi connectivity index (χ4n) is 4.22. The Morgan fingerprint density at radius 2 is 2.15 bits per heavy atom. The van der Waals surface area contributed by atoms with Crippen molar-refractivity contribution in [3.63, 3.8) is 0 Å². The molecule has 1 saturated carbocycles. The van der Waals surface area contributed by atoms with E-state index >= 15 is 0 Å². The number of benzene rings is 1. The van der Waals surface area contributed by atoms with E-state index in [0.29, 0.717) is 12.0 Å². The van der Waals surface area contributed by atoms with E-state index in [0.717, 1.165) is 36.9 Å². The van der Waals surface area contributed by atoms with Gasteiger partial charge in [-0.2, -0.15) is 0 Å². The van der Waals surface area contributed by atoms with Gasteiger partial charge in [0.15, 0.2) is 5.96 Å². The van der Waals surface area contributed by atoms with Crippen LogP contribution in [0.25, 0.3) is 0 Å². The van der Waals surface area contributed by atoms with Crippen molar-refractivity contribution in [3.05, 3.63) is 29.8 Å². The molecule has 5 nitrogen and oxygen atoms in total. The highest BCUT2D eigenvalue weighted by molar-refractivity contribution is 5.80. The number of guanidine groups is 1. The van der Waals surface area contributed by atoms with Crippen LogP contribution in [0.2, 0.25) is 0 Å². The van der Waals surface area contributed by atoms with Gasteiger partial charge in [0.25, 0.3) is 0 Å². The molecule has 0 amide bonds. The molecule has 144 valence electrons. The largest absolute Gasteiger partial charge is 0.491 e. The van der Waals surface area contributed by atoms with Gasteiger partial charge >= 0.3 is 0 Å². The van der Waals surface area contributed by atoms with Crippen molar-refractivity contribution < 1.29 is 9.84 Å². The predicted molar refractivity (Wildman–Crippen MR) is 106 cm³/mol. The zero-order valence-corrected chi connectivity index (χ0v) is 16.2. The Morgan fingerprint density at radius 1 is 1.35 bits per heavy atom. The third-order valence-corrected chi connectivity index (χ3v) is 5.62. The van der Waals surface area contributed by atoms with E-state index in [1.807, 2.05) is 31.2 Å². The Balaban J connectivity index is 1.52. The molecular weight excluding hydrogens is 326 g/mol. The Bertz CT molecular complexity index is 611. The van der Waals surface area contributed by atoms with Crippen molar-refractivity contribution in [2.75, 3.05) is 32.8 Å². The number of hydrogen-bond donors (Lipinski definition) is 2. The lowest BCUT2D eigenvalue weighted by molar-refractivity contribution is 0.114. The average molecular weight is 360 g/mol. The van der Waals surface area contributed by atoms with Gasteiger partial charge in [-0.25, -0.2) is 0 Å². The van der Waals surface area contributed by atoms with Crippen LogP contribution < -0.4 is 10.1 Å². The van der Waals surface area contributed by atoms with Crippen molar-refractivity contribution in [2.24, 2.45) is 10.4 Å². The summed E-state index contributed by atoms with van der Waals surface area (Å²) >= 11 is 0. The fraction of sp³-hybridized carbons (Fsp3) is 0.667. The summed E-state index contributed by atoms with van der Waals surface area (Å²) in [5.74, 6) is 1.73. The molecule has 1 heterocycles. The Kier molecular flexibility index (Phi) is 6.41. The van der Waals surface area contributed by atoms with Crippen LogP contribution in [0, 0.1) is 12.3 Å².